The molecule has 0 aromatic heterocycles. The lowest BCUT2D eigenvalue weighted by Gasteiger charge is -2.19. The van der Waals surface area contributed by atoms with Crippen LogP contribution in [0.2, 0.25) is 0 Å². The molecule has 20 heavy (non-hydrogen) atoms. The highest BCUT2D eigenvalue weighted by Crippen LogP contribution is 2.57. The number of hydrogen-bond acceptors (Lipinski definition) is 3. The number of rotatable bonds is 8. The molecule has 116 valence electrons. The van der Waals surface area contributed by atoms with Crippen LogP contribution in [-0.2, 0) is 13.6 Å². The number of hydrogen-bond donors (Lipinski definition) is 0. The Labute approximate surface area is 124 Å². The first-order chi connectivity index (χ1) is 9.66. The average Bonchev–Trinajstić information content (AvgIpc) is 2.45. The molecule has 4 heteroatoms. The van der Waals surface area contributed by atoms with Gasteiger partial charge in [-0.05, 0) is 57.9 Å². The molecule has 1 rings (SSSR count). The molecule has 0 aromatic rings. The fourth-order valence-electron chi connectivity index (χ4n) is 2.45. The van der Waals surface area contributed by atoms with E-state index in [1.54, 1.807) is 0 Å². The summed E-state index contributed by atoms with van der Waals surface area (Å²) >= 11 is 0. The zero-order valence-electron chi connectivity index (χ0n) is 13.2. The Morgan fingerprint density at radius 3 is 2.20 bits per heavy atom. The summed E-state index contributed by atoms with van der Waals surface area (Å²) in [6.07, 6.45) is 8.72. The molecule has 3 nitrogen and oxygen atoms in total. The van der Waals surface area contributed by atoms with Gasteiger partial charge in [-0.1, -0.05) is 19.8 Å². The molecular formula is C16H29O3P. The Bertz CT molecular complexity index is 377. The third-order valence-corrected chi connectivity index (χ3v) is 5.67. The molecule has 1 fully saturated rings. The number of unbranched alkanes of at least 4 members (excludes halogenated alkanes) is 1. The van der Waals surface area contributed by atoms with Crippen LogP contribution in [0.3, 0.4) is 0 Å². The van der Waals surface area contributed by atoms with E-state index in [0.717, 1.165) is 37.4 Å². The van der Waals surface area contributed by atoms with Crippen LogP contribution in [0.5, 0.6) is 0 Å². The summed E-state index contributed by atoms with van der Waals surface area (Å²) in [5.41, 5.74) is 4.71. The van der Waals surface area contributed by atoms with Crippen molar-refractivity contribution < 1.29 is 13.6 Å². The van der Waals surface area contributed by atoms with E-state index >= 15 is 0 Å². The van der Waals surface area contributed by atoms with Crippen LogP contribution in [0.15, 0.2) is 16.6 Å². The van der Waals surface area contributed by atoms with E-state index in [4.69, 9.17) is 9.05 Å². The van der Waals surface area contributed by atoms with Gasteiger partial charge in [0, 0.05) is 0 Å². The molecule has 0 amide bonds. The van der Waals surface area contributed by atoms with Gasteiger partial charge in [0.1, 0.15) is 0 Å². The Balaban J connectivity index is 3.07. The molecule has 1 aliphatic carbocycles. The fourth-order valence-corrected chi connectivity index (χ4v) is 4.25. The van der Waals surface area contributed by atoms with Crippen LogP contribution in [0.25, 0.3) is 0 Å². The molecule has 1 saturated carbocycles. The average molecular weight is 300 g/mol. The predicted molar refractivity (Wildman–Crippen MR) is 84.0 cm³/mol. The largest absolute Gasteiger partial charge is 0.364 e. The second kappa shape index (κ2) is 9.58. The summed E-state index contributed by atoms with van der Waals surface area (Å²) < 4.78 is 23.9. The van der Waals surface area contributed by atoms with Crippen LogP contribution in [-0.4, -0.2) is 13.2 Å². The van der Waals surface area contributed by atoms with Gasteiger partial charge in [0.25, 0.3) is 0 Å². The Morgan fingerprint density at radius 2 is 1.70 bits per heavy atom. The molecule has 0 atom stereocenters. The van der Waals surface area contributed by atoms with Crippen molar-refractivity contribution in [3.05, 3.63) is 16.6 Å². The highest BCUT2D eigenvalue weighted by atomic mass is 31.2. The summed E-state index contributed by atoms with van der Waals surface area (Å²) in [7, 11) is -3.14. The van der Waals surface area contributed by atoms with Crippen molar-refractivity contribution in [2.75, 3.05) is 13.2 Å². The van der Waals surface area contributed by atoms with E-state index in [-0.39, 0.29) is 0 Å². The molecule has 0 unspecified atom stereocenters. The summed E-state index contributed by atoms with van der Waals surface area (Å²) in [5, 5.41) is 0.764. The van der Waals surface area contributed by atoms with Crippen molar-refractivity contribution in [1.82, 2.24) is 0 Å². The number of allylic oxidation sites excluding steroid dienone is 1. The second-order valence-electron chi connectivity index (χ2n) is 5.17. The van der Waals surface area contributed by atoms with Gasteiger partial charge in [0.15, 0.2) is 0 Å². The van der Waals surface area contributed by atoms with Crippen molar-refractivity contribution in [2.24, 2.45) is 0 Å². The van der Waals surface area contributed by atoms with Crippen molar-refractivity contribution >= 4 is 7.60 Å². The van der Waals surface area contributed by atoms with Crippen LogP contribution in [0.4, 0.5) is 0 Å². The molecule has 0 radical (unpaired) electrons. The Morgan fingerprint density at radius 1 is 1.10 bits per heavy atom. The lowest BCUT2D eigenvalue weighted by Crippen LogP contribution is -2.00. The second-order valence-corrected chi connectivity index (χ2v) is 7.22. The molecule has 0 heterocycles. The monoisotopic (exact) mass is 300 g/mol. The fraction of sp³-hybridized carbons (Fsp3) is 0.812. The summed E-state index contributed by atoms with van der Waals surface area (Å²) in [6, 6.07) is 0. The highest BCUT2D eigenvalue weighted by Gasteiger charge is 2.29. The van der Waals surface area contributed by atoms with Gasteiger partial charge < -0.3 is 9.05 Å². The molecule has 0 bridgehead atoms. The summed E-state index contributed by atoms with van der Waals surface area (Å²) in [6.45, 7) is 6.67. The zero-order valence-corrected chi connectivity index (χ0v) is 14.1. The van der Waals surface area contributed by atoms with E-state index < -0.39 is 7.60 Å². The van der Waals surface area contributed by atoms with Crippen molar-refractivity contribution in [3.63, 3.8) is 0 Å². The van der Waals surface area contributed by atoms with Crippen LogP contribution >= 0.6 is 7.60 Å². The van der Waals surface area contributed by atoms with Crippen molar-refractivity contribution in [3.8, 4) is 0 Å². The van der Waals surface area contributed by atoms with E-state index in [1.165, 1.54) is 24.8 Å². The Hall–Kier alpha value is -0.330. The van der Waals surface area contributed by atoms with Gasteiger partial charge in [0.05, 0.1) is 18.5 Å². The van der Waals surface area contributed by atoms with E-state index in [1.807, 2.05) is 13.8 Å². The first-order valence-corrected chi connectivity index (χ1v) is 9.57. The van der Waals surface area contributed by atoms with Gasteiger partial charge in [-0.25, -0.2) is 0 Å². The van der Waals surface area contributed by atoms with Crippen LogP contribution in [0.1, 0.15) is 72.1 Å². The van der Waals surface area contributed by atoms with Gasteiger partial charge >= 0.3 is 7.60 Å². The molecule has 0 aromatic carbocycles. The molecule has 0 spiro atoms. The first kappa shape index (κ1) is 17.7. The molecule has 0 saturated heterocycles. The quantitative estimate of drug-likeness (QED) is 0.419. The van der Waals surface area contributed by atoms with E-state index in [0.29, 0.717) is 13.2 Å². The Kier molecular flexibility index (Phi) is 8.49. The van der Waals surface area contributed by atoms with Crippen molar-refractivity contribution in [2.45, 2.75) is 72.1 Å². The SMILES string of the molecule is CCCCC(=C=C1CCCCC1)P(=O)(OCC)OCC. The van der Waals surface area contributed by atoms with E-state index in [9.17, 15) is 4.57 Å². The van der Waals surface area contributed by atoms with E-state index in [2.05, 4.69) is 12.7 Å². The maximum absolute atomic E-state index is 12.9. The van der Waals surface area contributed by atoms with Gasteiger partial charge in [-0.3, -0.25) is 4.57 Å². The lowest BCUT2D eigenvalue weighted by molar-refractivity contribution is 0.225. The maximum Gasteiger partial charge on any atom is 0.364 e. The first-order valence-electron chi connectivity index (χ1n) is 8.03. The third-order valence-electron chi connectivity index (χ3n) is 3.47. The standard InChI is InChI=1S/C16H29O3P/c1-4-7-13-16(14-15-11-9-8-10-12-15)20(17,18-5-2)19-6-3/h4-13H2,1-3H3. The molecule has 0 N–H and O–H groups in total. The van der Waals surface area contributed by atoms with Gasteiger partial charge in [-0.2, -0.15) is 0 Å². The van der Waals surface area contributed by atoms with Gasteiger partial charge in [0.2, 0.25) is 0 Å². The van der Waals surface area contributed by atoms with Crippen LogP contribution in [0, 0.1) is 0 Å². The summed E-state index contributed by atoms with van der Waals surface area (Å²) in [4.78, 5) is 0. The normalized spacial score (nSPS) is 16.1. The third kappa shape index (κ3) is 5.58. The van der Waals surface area contributed by atoms with Crippen molar-refractivity contribution in [1.29, 1.82) is 0 Å². The molecule has 0 aliphatic heterocycles. The minimum atomic E-state index is -3.14. The minimum Gasteiger partial charge on any atom is -0.305 e. The van der Waals surface area contributed by atoms with Crippen LogP contribution < -0.4 is 0 Å². The smallest absolute Gasteiger partial charge is 0.305 e. The molecular weight excluding hydrogens is 271 g/mol. The lowest BCUT2D eigenvalue weighted by atomic mass is 9.95. The summed E-state index contributed by atoms with van der Waals surface area (Å²) in [5.74, 6) is 0. The molecule has 1 aliphatic rings. The maximum atomic E-state index is 12.9. The zero-order chi connectivity index (χ0) is 14.8. The minimum absolute atomic E-state index is 0.407. The highest BCUT2D eigenvalue weighted by molar-refractivity contribution is 7.58. The van der Waals surface area contributed by atoms with Gasteiger partial charge in [-0.15, -0.1) is 5.73 Å². The predicted octanol–water partition coefficient (Wildman–Crippen LogP) is 5.82. The topological polar surface area (TPSA) is 35.5 Å².